The predicted molar refractivity (Wildman–Crippen MR) is 94.2 cm³/mol. The van der Waals surface area contributed by atoms with Crippen LogP contribution in [0.1, 0.15) is 51.0 Å². The second-order valence-corrected chi connectivity index (χ2v) is 6.87. The Kier molecular flexibility index (Phi) is 3.85. The molecule has 0 fully saturated rings. The van der Waals surface area contributed by atoms with Gasteiger partial charge in [-0.2, -0.15) is 0 Å². The second kappa shape index (κ2) is 6.05. The molecular formula is C21H20NO3-. The number of hydrogen-bond donors (Lipinski definition) is 2. The highest BCUT2D eigenvalue weighted by Crippen LogP contribution is 2.51. The lowest BCUT2D eigenvalue weighted by Gasteiger charge is -2.39. The molecule has 3 atom stereocenters. The normalized spacial score (nSPS) is 23.7. The van der Waals surface area contributed by atoms with Crippen molar-refractivity contribution in [1.82, 2.24) is 0 Å². The van der Waals surface area contributed by atoms with Gasteiger partial charge in [-0.1, -0.05) is 48.6 Å². The number of aliphatic hydroxyl groups excluding tert-OH is 1. The summed E-state index contributed by atoms with van der Waals surface area (Å²) in [7, 11) is 0. The van der Waals surface area contributed by atoms with Crippen LogP contribution >= 0.6 is 0 Å². The number of carboxylic acid groups (broad SMARTS) is 1. The van der Waals surface area contributed by atoms with Gasteiger partial charge in [0, 0.05) is 11.6 Å². The maximum Gasteiger partial charge on any atom is 0.0715 e. The number of rotatable bonds is 3. The number of carboxylic acids is 1. The van der Waals surface area contributed by atoms with Gasteiger partial charge in [0.05, 0.1) is 18.6 Å². The highest BCUT2D eigenvalue weighted by Gasteiger charge is 2.39. The summed E-state index contributed by atoms with van der Waals surface area (Å²) in [6.45, 7) is 2.11. The molecule has 1 aliphatic carbocycles. The molecule has 4 nitrogen and oxygen atoms in total. The van der Waals surface area contributed by atoms with E-state index >= 15 is 0 Å². The van der Waals surface area contributed by atoms with E-state index in [-0.39, 0.29) is 24.1 Å². The van der Waals surface area contributed by atoms with E-state index in [1.54, 1.807) is 12.1 Å². The summed E-state index contributed by atoms with van der Waals surface area (Å²) in [5, 5.41) is 24.4. The number of allylic oxidation sites excluding steroid dienone is 2. The molecule has 0 bridgehead atoms. The number of carbonyl (C=O) groups excluding carboxylic acids is 1. The number of fused-ring (bicyclic) bond motifs is 3. The smallest absolute Gasteiger partial charge is 0.0715 e. The van der Waals surface area contributed by atoms with Crippen molar-refractivity contribution in [2.75, 3.05) is 5.32 Å². The predicted octanol–water partition coefficient (Wildman–Crippen LogP) is 2.68. The average Bonchev–Trinajstić information content (AvgIpc) is 3.11. The van der Waals surface area contributed by atoms with Crippen LogP contribution in [0.25, 0.3) is 0 Å². The van der Waals surface area contributed by atoms with E-state index in [4.69, 9.17) is 0 Å². The molecule has 2 aromatic carbocycles. The zero-order valence-electron chi connectivity index (χ0n) is 14.0. The van der Waals surface area contributed by atoms with Crippen LogP contribution in [0.3, 0.4) is 0 Å². The van der Waals surface area contributed by atoms with E-state index in [2.05, 4.69) is 24.4 Å². The lowest BCUT2D eigenvalue weighted by molar-refractivity contribution is -0.255. The number of benzene rings is 2. The molecule has 2 aromatic rings. The van der Waals surface area contributed by atoms with Crippen LogP contribution in [-0.2, 0) is 6.61 Å². The average molecular weight is 334 g/mol. The maximum absolute atomic E-state index is 11.0. The van der Waals surface area contributed by atoms with Crippen molar-refractivity contribution >= 4 is 11.7 Å². The van der Waals surface area contributed by atoms with Crippen molar-refractivity contribution in [2.24, 2.45) is 5.92 Å². The van der Waals surface area contributed by atoms with Gasteiger partial charge in [-0.15, -0.1) is 0 Å². The fourth-order valence-electron chi connectivity index (χ4n) is 4.23. The van der Waals surface area contributed by atoms with Crippen LogP contribution in [0, 0.1) is 12.8 Å². The maximum atomic E-state index is 11.0. The van der Waals surface area contributed by atoms with Crippen molar-refractivity contribution in [2.45, 2.75) is 31.9 Å². The fourth-order valence-corrected chi connectivity index (χ4v) is 4.23. The van der Waals surface area contributed by atoms with Gasteiger partial charge >= 0.3 is 0 Å². The third-order valence-electron chi connectivity index (χ3n) is 5.49. The molecule has 25 heavy (non-hydrogen) atoms. The Bertz CT molecular complexity index is 854. The number of hydrogen-bond acceptors (Lipinski definition) is 4. The quantitative estimate of drug-likeness (QED) is 0.847. The van der Waals surface area contributed by atoms with Gasteiger partial charge in [0.15, 0.2) is 0 Å². The number of aromatic carboxylic acids is 1. The Labute approximate surface area is 146 Å². The first kappa shape index (κ1) is 15.9. The van der Waals surface area contributed by atoms with Gasteiger partial charge in [0.1, 0.15) is 0 Å². The summed E-state index contributed by atoms with van der Waals surface area (Å²) in [5.74, 6) is -0.533. The third kappa shape index (κ3) is 2.53. The van der Waals surface area contributed by atoms with Crippen LogP contribution in [0.5, 0.6) is 0 Å². The molecule has 1 aliphatic heterocycles. The minimum absolute atomic E-state index is 0.0341. The van der Waals surface area contributed by atoms with Gasteiger partial charge in [-0.3, -0.25) is 0 Å². The summed E-state index contributed by atoms with van der Waals surface area (Å²) >= 11 is 0. The standard InChI is InChI=1S/C21H21NO3/c1-12-5-6-15(11-23)18-16-3-2-4-17(16)20(22-19(12)18)13-7-9-14(10-8-13)21(24)25/h2-3,5-10,16-17,20,22-23H,4,11H2,1H3,(H,24,25)/p-1/t16-,17-,20-/m0/s1. The van der Waals surface area contributed by atoms with Crippen molar-refractivity contribution < 1.29 is 15.0 Å². The minimum Gasteiger partial charge on any atom is -0.545 e. The summed E-state index contributed by atoms with van der Waals surface area (Å²) < 4.78 is 0. The molecule has 2 N–H and O–H groups in total. The van der Waals surface area contributed by atoms with Crippen LogP contribution in [0.2, 0.25) is 0 Å². The molecule has 0 radical (unpaired) electrons. The molecule has 4 rings (SSSR count). The second-order valence-electron chi connectivity index (χ2n) is 6.87. The number of anilines is 1. The van der Waals surface area contributed by atoms with Crippen LogP contribution in [0.15, 0.2) is 48.6 Å². The van der Waals surface area contributed by atoms with E-state index in [1.165, 1.54) is 5.56 Å². The summed E-state index contributed by atoms with van der Waals surface area (Å²) in [4.78, 5) is 11.0. The zero-order chi connectivity index (χ0) is 17.6. The summed E-state index contributed by atoms with van der Waals surface area (Å²) in [6.07, 6.45) is 5.41. The van der Waals surface area contributed by atoms with E-state index < -0.39 is 5.97 Å². The lowest BCUT2D eigenvalue weighted by Crippen LogP contribution is -2.30. The molecule has 2 aliphatic rings. The van der Waals surface area contributed by atoms with Crippen LogP contribution in [0.4, 0.5) is 5.69 Å². The lowest BCUT2D eigenvalue weighted by atomic mass is 9.75. The van der Waals surface area contributed by atoms with Gasteiger partial charge in [-0.05, 0) is 47.1 Å². The first-order valence-electron chi connectivity index (χ1n) is 8.58. The first-order valence-corrected chi connectivity index (χ1v) is 8.58. The molecule has 0 spiro atoms. The summed E-state index contributed by atoms with van der Waals surface area (Å²) in [6, 6.07) is 11.1. The molecule has 0 unspecified atom stereocenters. The minimum atomic E-state index is -1.16. The van der Waals surface area contributed by atoms with Gasteiger partial charge in [0.2, 0.25) is 0 Å². The van der Waals surface area contributed by atoms with Crippen molar-refractivity contribution in [3.05, 3.63) is 76.4 Å². The van der Waals surface area contributed by atoms with Crippen LogP contribution < -0.4 is 10.4 Å². The molecule has 0 aromatic heterocycles. The van der Waals surface area contributed by atoms with Crippen molar-refractivity contribution in [3.8, 4) is 0 Å². The van der Waals surface area contributed by atoms with Crippen LogP contribution in [-0.4, -0.2) is 11.1 Å². The number of carbonyl (C=O) groups is 1. The largest absolute Gasteiger partial charge is 0.545 e. The zero-order valence-corrected chi connectivity index (χ0v) is 14.0. The molecule has 0 saturated heterocycles. The fraction of sp³-hybridized carbons (Fsp3) is 0.286. The highest BCUT2D eigenvalue weighted by molar-refractivity contribution is 5.85. The van der Waals surface area contributed by atoms with E-state index in [0.29, 0.717) is 5.92 Å². The van der Waals surface area contributed by atoms with Crippen molar-refractivity contribution in [3.63, 3.8) is 0 Å². The molecule has 0 amide bonds. The van der Waals surface area contributed by atoms with Gasteiger partial charge in [-0.25, -0.2) is 0 Å². The van der Waals surface area contributed by atoms with E-state index in [9.17, 15) is 15.0 Å². The number of nitrogens with one attached hydrogen (secondary N) is 1. The third-order valence-corrected chi connectivity index (χ3v) is 5.49. The van der Waals surface area contributed by atoms with E-state index in [0.717, 1.165) is 28.8 Å². The Morgan fingerprint density at radius 1 is 1.24 bits per heavy atom. The van der Waals surface area contributed by atoms with Gasteiger partial charge < -0.3 is 20.3 Å². The first-order chi connectivity index (χ1) is 12.1. The monoisotopic (exact) mass is 334 g/mol. The topological polar surface area (TPSA) is 72.4 Å². The number of aryl methyl sites for hydroxylation is 1. The Morgan fingerprint density at radius 3 is 2.68 bits per heavy atom. The Hall–Kier alpha value is -2.59. The Balaban J connectivity index is 1.78. The molecule has 1 heterocycles. The summed E-state index contributed by atoms with van der Waals surface area (Å²) in [5.41, 5.74) is 5.68. The van der Waals surface area contributed by atoms with Gasteiger partial charge in [0.25, 0.3) is 0 Å². The van der Waals surface area contributed by atoms with Crippen molar-refractivity contribution in [1.29, 1.82) is 0 Å². The molecular weight excluding hydrogens is 314 g/mol. The Morgan fingerprint density at radius 2 is 2.00 bits per heavy atom. The SMILES string of the molecule is Cc1ccc(CO)c2c1N[C@@H](c1ccc(C(=O)[O-])cc1)[C@H]1CC=C[C@H]21. The molecule has 0 saturated carbocycles. The van der Waals surface area contributed by atoms with E-state index in [1.807, 2.05) is 24.3 Å². The number of aliphatic hydroxyl groups is 1. The highest BCUT2D eigenvalue weighted by atomic mass is 16.4. The molecule has 4 heteroatoms. The molecule has 128 valence electrons.